The van der Waals surface area contributed by atoms with Crippen LogP contribution in [0.15, 0.2) is 24.3 Å². The third-order valence-electron chi connectivity index (χ3n) is 0.870. The second-order valence-corrected chi connectivity index (χ2v) is 2.30. The minimum Gasteiger partial charge on any atom is -0.508 e. The summed E-state index contributed by atoms with van der Waals surface area (Å²) >= 11 is 0. The van der Waals surface area contributed by atoms with E-state index in [0.29, 0.717) is 5.69 Å². The summed E-state index contributed by atoms with van der Waals surface area (Å²) in [7, 11) is 0. The Morgan fingerprint density at radius 3 is 2.18 bits per heavy atom. The Bertz CT molecular complexity index is 181. The van der Waals surface area contributed by atoms with Crippen LogP contribution >= 0.6 is 0 Å². The number of phenols is 1. The fraction of sp³-hybridized carbons (Fsp3) is 0.333. The maximum atomic E-state index is 8.73. The van der Waals surface area contributed by atoms with Gasteiger partial charge in [-0.15, -0.1) is 0 Å². The van der Waals surface area contributed by atoms with Crippen LogP contribution in [0, 0.1) is 0 Å². The van der Waals surface area contributed by atoms with Gasteiger partial charge in [-0.3, -0.25) is 0 Å². The zero-order valence-corrected chi connectivity index (χ0v) is 7.04. The zero-order chi connectivity index (χ0) is 8.69. The van der Waals surface area contributed by atoms with Gasteiger partial charge in [0.2, 0.25) is 0 Å². The largest absolute Gasteiger partial charge is 0.508 e. The molecule has 0 saturated carbocycles. The zero-order valence-electron chi connectivity index (χ0n) is 7.04. The molecule has 0 heterocycles. The van der Waals surface area contributed by atoms with E-state index < -0.39 is 0 Å². The monoisotopic (exact) mass is 153 g/mol. The van der Waals surface area contributed by atoms with Crippen LogP contribution < -0.4 is 5.73 Å². The predicted molar refractivity (Wildman–Crippen MR) is 48.5 cm³/mol. The van der Waals surface area contributed by atoms with Gasteiger partial charge in [0.05, 0.1) is 0 Å². The van der Waals surface area contributed by atoms with Crippen LogP contribution in [-0.2, 0) is 0 Å². The summed E-state index contributed by atoms with van der Waals surface area (Å²) in [5.74, 6) is 0.213. The number of nitrogen functional groups attached to an aromatic ring is 1. The van der Waals surface area contributed by atoms with E-state index >= 15 is 0 Å². The summed E-state index contributed by atoms with van der Waals surface area (Å²) in [5, 5.41) is 8.73. The summed E-state index contributed by atoms with van der Waals surface area (Å²) in [6.07, 6.45) is 1.25. The van der Waals surface area contributed by atoms with Crippen molar-refractivity contribution in [1.29, 1.82) is 0 Å². The number of hydrogen-bond acceptors (Lipinski definition) is 2. The predicted octanol–water partition coefficient (Wildman–Crippen LogP) is 2.39. The number of nitrogens with two attached hydrogens (primary N) is 1. The average Bonchev–Trinajstić information content (AvgIpc) is 1.88. The van der Waals surface area contributed by atoms with E-state index in [4.69, 9.17) is 10.8 Å². The molecule has 62 valence electrons. The van der Waals surface area contributed by atoms with E-state index in [0.717, 1.165) is 0 Å². The third kappa shape index (κ3) is 5.27. The fourth-order valence-corrected chi connectivity index (χ4v) is 0.525. The molecule has 3 N–H and O–H groups in total. The maximum Gasteiger partial charge on any atom is 0.117 e. The van der Waals surface area contributed by atoms with Crippen molar-refractivity contribution < 1.29 is 5.11 Å². The van der Waals surface area contributed by atoms with Crippen molar-refractivity contribution in [3.05, 3.63) is 24.3 Å². The van der Waals surface area contributed by atoms with Crippen molar-refractivity contribution in [2.45, 2.75) is 20.3 Å². The number of anilines is 1. The smallest absolute Gasteiger partial charge is 0.117 e. The molecule has 1 aromatic carbocycles. The lowest BCUT2D eigenvalue weighted by Crippen LogP contribution is -1.80. The van der Waals surface area contributed by atoms with E-state index in [2.05, 4.69) is 13.8 Å². The molecule has 0 aliphatic rings. The average molecular weight is 153 g/mol. The summed E-state index contributed by atoms with van der Waals surface area (Å²) in [6.45, 7) is 4.25. The number of rotatable bonds is 0. The van der Waals surface area contributed by atoms with Gasteiger partial charge in [-0.2, -0.15) is 0 Å². The molecule has 0 aromatic heterocycles. The molecule has 0 aliphatic carbocycles. The van der Waals surface area contributed by atoms with Crippen LogP contribution in [0.3, 0.4) is 0 Å². The highest BCUT2D eigenvalue weighted by molar-refractivity contribution is 5.42. The van der Waals surface area contributed by atoms with Crippen LogP contribution in [0.2, 0.25) is 0 Å². The molecule has 0 unspecified atom stereocenters. The van der Waals surface area contributed by atoms with Gasteiger partial charge in [-0.05, 0) is 12.1 Å². The molecule has 1 rings (SSSR count). The maximum absolute atomic E-state index is 8.73. The van der Waals surface area contributed by atoms with Gasteiger partial charge in [-0.1, -0.05) is 26.3 Å². The van der Waals surface area contributed by atoms with Gasteiger partial charge in [0.15, 0.2) is 0 Å². The SMILES string of the molecule is CCC.Nc1cccc(O)c1. The van der Waals surface area contributed by atoms with Gasteiger partial charge >= 0.3 is 0 Å². The van der Waals surface area contributed by atoms with E-state index in [1.54, 1.807) is 18.2 Å². The normalized spacial score (nSPS) is 8.18. The fourth-order valence-electron chi connectivity index (χ4n) is 0.525. The summed E-state index contributed by atoms with van der Waals surface area (Å²) in [6, 6.07) is 6.50. The van der Waals surface area contributed by atoms with E-state index in [9.17, 15) is 0 Å². The highest BCUT2D eigenvalue weighted by atomic mass is 16.3. The van der Waals surface area contributed by atoms with E-state index in [-0.39, 0.29) is 5.75 Å². The van der Waals surface area contributed by atoms with Crippen LogP contribution in [0.1, 0.15) is 20.3 Å². The van der Waals surface area contributed by atoms with Crippen molar-refractivity contribution in [3.63, 3.8) is 0 Å². The molecule has 1 aromatic rings. The van der Waals surface area contributed by atoms with E-state index in [1.165, 1.54) is 12.5 Å². The summed E-state index contributed by atoms with van der Waals surface area (Å²) < 4.78 is 0. The lowest BCUT2D eigenvalue weighted by molar-refractivity contribution is 0.475. The lowest BCUT2D eigenvalue weighted by Gasteiger charge is -1.90. The van der Waals surface area contributed by atoms with Crippen LogP contribution in [0.5, 0.6) is 5.75 Å². The Morgan fingerprint density at radius 2 is 1.91 bits per heavy atom. The van der Waals surface area contributed by atoms with Gasteiger partial charge in [-0.25, -0.2) is 0 Å². The topological polar surface area (TPSA) is 46.2 Å². The van der Waals surface area contributed by atoms with Crippen molar-refractivity contribution in [2.75, 3.05) is 5.73 Å². The van der Waals surface area contributed by atoms with Gasteiger partial charge in [0.1, 0.15) is 5.75 Å². The first kappa shape index (κ1) is 9.82. The number of benzene rings is 1. The van der Waals surface area contributed by atoms with Gasteiger partial charge < -0.3 is 10.8 Å². The minimum absolute atomic E-state index is 0.213. The van der Waals surface area contributed by atoms with Crippen molar-refractivity contribution in [1.82, 2.24) is 0 Å². The Kier molecular flexibility index (Phi) is 4.99. The minimum atomic E-state index is 0.213. The summed E-state index contributed by atoms with van der Waals surface area (Å²) in [5.41, 5.74) is 5.89. The molecule has 0 radical (unpaired) electrons. The third-order valence-corrected chi connectivity index (χ3v) is 0.870. The van der Waals surface area contributed by atoms with Crippen molar-refractivity contribution in [2.24, 2.45) is 0 Å². The highest BCUT2D eigenvalue weighted by Gasteiger charge is 1.83. The first-order valence-electron chi connectivity index (χ1n) is 3.75. The van der Waals surface area contributed by atoms with E-state index in [1.807, 2.05) is 0 Å². The first-order valence-corrected chi connectivity index (χ1v) is 3.75. The lowest BCUT2D eigenvalue weighted by atomic mass is 10.3. The molecule has 0 spiro atoms. The molecule has 0 saturated heterocycles. The Morgan fingerprint density at radius 1 is 1.36 bits per heavy atom. The van der Waals surface area contributed by atoms with Crippen LogP contribution in [0.4, 0.5) is 5.69 Å². The summed E-state index contributed by atoms with van der Waals surface area (Å²) in [4.78, 5) is 0. The molecule has 0 bridgehead atoms. The molecule has 2 heteroatoms. The molecule has 2 nitrogen and oxygen atoms in total. The van der Waals surface area contributed by atoms with Crippen molar-refractivity contribution >= 4 is 5.69 Å². The van der Waals surface area contributed by atoms with Crippen molar-refractivity contribution in [3.8, 4) is 5.75 Å². The molecular weight excluding hydrogens is 138 g/mol. The Hall–Kier alpha value is -1.18. The molecule has 11 heavy (non-hydrogen) atoms. The number of aromatic hydroxyl groups is 1. The second kappa shape index (κ2) is 5.59. The number of phenolic OH excluding ortho intramolecular Hbond substituents is 1. The van der Waals surface area contributed by atoms with Gasteiger partial charge in [0.25, 0.3) is 0 Å². The van der Waals surface area contributed by atoms with Gasteiger partial charge in [0, 0.05) is 11.8 Å². The first-order chi connectivity index (χ1) is 5.20. The standard InChI is InChI=1S/C6H7NO.C3H8/c7-5-2-1-3-6(8)4-5;1-3-2/h1-4,8H,7H2;3H2,1-2H3. The molecule has 0 fully saturated rings. The van der Waals surface area contributed by atoms with Crippen LogP contribution in [0.25, 0.3) is 0 Å². The molecule has 0 atom stereocenters. The molecular formula is C9H15NO. The Labute approximate surface area is 67.7 Å². The van der Waals surface area contributed by atoms with Crippen LogP contribution in [-0.4, -0.2) is 5.11 Å². The second-order valence-electron chi connectivity index (χ2n) is 2.30. The highest BCUT2D eigenvalue weighted by Crippen LogP contribution is 2.10. The Balaban J connectivity index is 0.000000292. The molecule has 0 amide bonds. The number of hydrogen-bond donors (Lipinski definition) is 2. The molecule has 0 aliphatic heterocycles. The quantitative estimate of drug-likeness (QED) is 0.562.